The van der Waals surface area contributed by atoms with E-state index in [1.165, 1.54) is 6.07 Å². The van der Waals surface area contributed by atoms with Gasteiger partial charge in [-0.2, -0.15) is 0 Å². The SMILES string of the molecule is CC(C)(C)c1ccc(NC(=O)c2cc(O)[nH]c(=O)c2)cc1. The summed E-state index contributed by atoms with van der Waals surface area (Å²) in [4.78, 5) is 25.4. The number of aromatic hydroxyl groups is 1. The summed E-state index contributed by atoms with van der Waals surface area (Å²) in [6, 6.07) is 9.87. The predicted octanol–water partition coefficient (Wildman–Crippen LogP) is 2.63. The maximum atomic E-state index is 12.0. The molecule has 0 aliphatic heterocycles. The van der Waals surface area contributed by atoms with Crippen molar-refractivity contribution >= 4 is 11.6 Å². The maximum Gasteiger partial charge on any atom is 0.256 e. The van der Waals surface area contributed by atoms with Crippen molar-refractivity contribution in [1.29, 1.82) is 0 Å². The van der Waals surface area contributed by atoms with Gasteiger partial charge in [0, 0.05) is 17.8 Å². The number of pyridine rings is 1. The molecule has 0 saturated heterocycles. The number of carbonyl (C=O) groups is 1. The molecule has 0 bridgehead atoms. The van der Waals surface area contributed by atoms with Crippen molar-refractivity contribution in [3.8, 4) is 5.88 Å². The number of amides is 1. The lowest BCUT2D eigenvalue weighted by Gasteiger charge is -2.19. The van der Waals surface area contributed by atoms with Crippen molar-refractivity contribution < 1.29 is 9.90 Å². The Labute approximate surface area is 122 Å². The Morgan fingerprint density at radius 2 is 1.76 bits per heavy atom. The van der Waals surface area contributed by atoms with Gasteiger partial charge in [0.15, 0.2) is 5.88 Å². The van der Waals surface area contributed by atoms with Crippen LogP contribution in [-0.4, -0.2) is 16.0 Å². The number of nitrogens with one attached hydrogen (secondary N) is 2. The first-order chi connectivity index (χ1) is 9.75. The third-order valence-electron chi connectivity index (χ3n) is 3.10. The Kier molecular flexibility index (Phi) is 3.84. The zero-order valence-electron chi connectivity index (χ0n) is 12.2. The molecule has 0 unspecified atom stereocenters. The first kappa shape index (κ1) is 14.8. The summed E-state index contributed by atoms with van der Waals surface area (Å²) in [6.45, 7) is 6.33. The molecule has 0 atom stereocenters. The number of rotatable bonds is 2. The van der Waals surface area contributed by atoms with Crippen molar-refractivity contribution in [2.45, 2.75) is 26.2 Å². The van der Waals surface area contributed by atoms with Crippen LogP contribution in [-0.2, 0) is 5.41 Å². The molecular formula is C16H18N2O3. The highest BCUT2D eigenvalue weighted by molar-refractivity contribution is 6.04. The second kappa shape index (κ2) is 5.44. The molecule has 0 aliphatic carbocycles. The topological polar surface area (TPSA) is 82.2 Å². The maximum absolute atomic E-state index is 12.0. The van der Waals surface area contributed by atoms with Gasteiger partial charge in [0.1, 0.15) is 0 Å². The second-order valence-corrected chi connectivity index (χ2v) is 5.90. The minimum absolute atomic E-state index is 0.0427. The fraction of sp³-hybridized carbons (Fsp3) is 0.250. The van der Waals surface area contributed by atoms with Crippen molar-refractivity contribution in [2.24, 2.45) is 0 Å². The van der Waals surface area contributed by atoms with E-state index in [1.54, 1.807) is 0 Å². The number of anilines is 1. The lowest BCUT2D eigenvalue weighted by molar-refractivity contribution is 0.102. The third-order valence-corrected chi connectivity index (χ3v) is 3.10. The van der Waals surface area contributed by atoms with Gasteiger partial charge in [-0.3, -0.25) is 14.6 Å². The number of aromatic nitrogens is 1. The summed E-state index contributed by atoms with van der Waals surface area (Å²) in [5.74, 6) is -0.782. The number of aromatic amines is 1. The minimum atomic E-state index is -0.525. The highest BCUT2D eigenvalue weighted by Crippen LogP contribution is 2.23. The molecule has 1 aromatic heterocycles. The van der Waals surface area contributed by atoms with Crippen LogP contribution in [0.3, 0.4) is 0 Å². The van der Waals surface area contributed by atoms with Crippen molar-refractivity contribution in [3.63, 3.8) is 0 Å². The average molecular weight is 286 g/mol. The van der Waals surface area contributed by atoms with E-state index < -0.39 is 11.5 Å². The molecule has 0 radical (unpaired) electrons. The molecule has 0 spiro atoms. The van der Waals surface area contributed by atoms with Crippen molar-refractivity contribution in [2.75, 3.05) is 5.32 Å². The molecule has 2 rings (SSSR count). The molecule has 0 fully saturated rings. The molecule has 0 aliphatic rings. The Bertz CT molecular complexity index is 710. The van der Waals surface area contributed by atoms with Crippen molar-refractivity contribution in [1.82, 2.24) is 4.98 Å². The molecule has 5 heteroatoms. The van der Waals surface area contributed by atoms with E-state index in [1.807, 2.05) is 24.3 Å². The number of benzene rings is 1. The highest BCUT2D eigenvalue weighted by atomic mass is 16.3. The summed E-state index contributed by atoms with van der Waals surface area (Å²) in [5.41, 5.74) is 1.42. The molecule has 1 aromatic carbocycles. The molecule has 21 heavy (non-hydrogen) atoms. The zero-order valence-corrected chi connectivity index (χ0v) is 12.2. The highest BCUT2D eigenvalue weighted by Gasteiger charge is 2.13. The summed E-state index contributed by atoms with van der Waals surface area (Å²) in [6.07, 6.45) is 0. The van der Waals surface area contributed by atoms with Gasteiger partial charge in [-0.15, -0.1) is 0 Å². The van der Waals surface area contributed by atoms with Gasteiger partial charge < -0.3 is 10.4 Å². The van der Waals surface area contributed by atoms with Crippen LogP contribution in [0.1, 0.15) is 36.7 Å². The van der Waals surface area contributed by atoms with Crippen LogP contribution in [0.4, 0.5) is 5.69 Å². The largest absolute Gasteiger partial charge is 0.494 e. The smallest absolute Gasteiger partial charge is 0.256 e. The first-order valence-electron chi connectivity index (χ1n) is 6.61. The third kappa shape index (κ3) is 3.72. The number of H-pyrrole nitrogens is 1. The summed E-state index contributed by atoms with van der Waals surface area (Å²) in [7, 11) is 0. The lowest BCUT2D eigenvalue weighted by atomic mass is 9.87. The van der Waals surface area contributed by atoms with Crippen molar-refractivity contribution in [3.05, 3.63) is 57.9 Å². The van der Waals surface area contributed by atoms with E-state index in [0.717, 1.165) is 11.6 Å². The Morgan fingerprint density at radius 3 is 2.29 bits per heavy atom. The molecule has 2 aromatic rings. The number of hydrogen-bond donors (Lipinski definition) is 3. The fourth-order valence-electron chi connectivity index (χ4n) is 1.92. The Balaban J connectivity index is 2.18. The van der Waals surface area contributed by atoms with Gasteiger partial charge in [-0.1, -0.05) is 32.9 Å². The van der Waals surface area contributed by atoms with Gasteiger partial charge in [0.25, 0.3) is 11.5 Å². The molecule has 3 N–H and O–H groups in total. The molecule has 1 amide bonds. The van der Waals surface area contributed by atoms with Crippen LogP contribution in [0.15, 0.2) is 41.2 Å². The van der Waals surface area contributed by atoms with Gasteiger partial charge in [-0.05, 0) is 23.1 Å². The van der Waals surface area contributed by atoms with Gasteiger partial charge in [-0.25, -0.2) is 0 Å². The van der Waals surface area contributed by atoms with E-state index in [9.17, 15) is 14.7 Å². The zero-order chi connectivity index (χ0) is 15.6. The average Bonchev–Trinajstić information content (AvgIpc) is 2.37. The van der Waals surface area contributed by atoms with Gasteiger partial charge in [0.2, 0.25) is 0 Å². The van der Waals surface area contributed by atoms with Crippen LogP contribution in [0.2, 0.25) is 0 Å². The van der Waals surface area contributed by atoms with Crippen LogP contribution in [0, 0.1) is 0 Å². The first-order valence-corrected chi connectivity index (χ1v) is 6.61. The van der Waals surface area contributed by atoms with E-state index in [4.69, 9.17) is 0 Å². The quantitative estimate of drug-likeness (QED) is 0.793. The standard InChI is InChI=1S/C16H18N2O3/c1-16(2,3)11-4-6-12(7-5-11)17-15(21)10-8-13(19)18-14(20)9-10/h4-9H,1-3H3,(H,17,21)(H2,18,19,20). The van der Waals surface area contributed by atoms with E-state index in [-0.39, 0.29) is 16.9 Å². The molecule has 5 nitrogen and oxygen atoms in total. The van der Waals surface area contributed by atoms with Crippen LogP contribution >= 0.6 is 0 Å². The number of carbonyl (C=O) groups excluding carboxylic acids is 1. The fourth-order valence-corrected chi connectivity index (χ4v) is 1.92. The van der Waals surface area contributed by atoms with E-state index >= 15 is 0 Å². The summed E-state index contributed by atoms with van der Waals surface area (Å²) < 4.78 is 0. The van der Waals surface area contributed by atoms with Crippen LogP contribution in [0.25, 0.3) is 0 Å². The summed E-state index contributed by atoms with van der Waals surface area (Å²) >= 11 is 0. The minimum Gasteiger partial charge on any atom is -0.494 e. The van der Waals surface area contributed by atoms with Gasteiger partial charge in [0.05, 0.1) is 5.56 Å². The molecular weight excluding hydrogens is 268 g/mol. The predicted molar refractivity (Wildman–Crippen MR) is 81.8 cm³/mol. The number of hydrogen-bond acceptors (Lipinski definition) is 3. The Morgan fingerprint density at radius 1 is 1.14 bits per heavy atom. The molecule has 1 heterocycles. The second-order valence-electron chi connectivity index (χ2n) is 5.90. The molecule has 0 saturated carbocycles. The van der Waals surface area contributed by atoms with E-state index in [0.29, 0.717) is 5.69 Å². The summed E-state index contributed by atoms with van der Waals surface area (Å²) in [5, 5.41) is 12.0. The van der Waals surface area contributed by atoms with E-state index in [2.05, 4.69) is 31.1 Å². The van der Waals surface area contributed by atoms with Crippen LogP contribution < -0.4 is 10.9 Å². The Hall–Kier alpha value is -2.56. The lowest BCUT2D eigenvalue weighted by Crippen LogP contribution is -2.16. The normalized spacial score (nSPS) is 11.2. The van der Waals surface area contributed by atoms with Crippen LogP contribution in [0.5, 0.6) is 5.88 Å². The monoisotopic (exact) mass is 286 g/mol. The van der Waals surface area contributed by atoms with Gasteiger partial charge >= 0.3 is 0 Å². The molecule has 110 valence electrons.